The number of rotatable bonds is 2. The summed E-state index contributed by atoms with van der Waals surface area (Å²) in [5, 5.41) is -1.53. The first-order valence-corrected chi connectivity index (χ1v) is 5.14. The summed E-state index contributed by atoms with van der Waals surface area (Å²) in [5.41, 5.74) is -2.34. The standard InChI is InChI=1S/C10H11F6NO/c1-3-6(5(2)18)8-7(11)4-17(16)10(14,15)9(8,12)13/h7H,3-4H2,1-2H3/b8-6+. The summed E-state index contributed by atoms with van der Waals surface area (Å²) in [7, 11) is 0. The Hall–Kier alpha value is -1.05. The fourth-order valence-corrected chi connectivity index (χ4v) is 1.87. The first-order valence-electron chi connectivity index (χ1n) is 5.14. The minimum absolute atomic E-state index is 0.330. The minimum Gasteiger partial charge on any atom is -0.295 e. The SMILES string of the molecule is CC/C(C(C)=O)=C1/C(F)CN(F)C(F)(F)C1(F)F. The average Bonchev–Trinajstić information content (AvgIpc) is 2.22. The van der Waals surface area contributed by atoms with E-state index < -0.39 is 46.7 Å². The van der Waals surface area contributed by atoms with Crippen molar-refractivity contribution in [2.24, 2.45) is 0 Å². The van der Waals surface area contributed by atoms with E-state index in [0.717, 1.165) is 6.92 Å². The van der Waals surface area contributed by atoms with Crippen molar-refractivity contribution in [3.8, 4) is 0 Å². The second kappa shape index (κ2) is 4.56. The van der Waals surface area contributed by atoms with Crippen LogP contribution in [0.2, 0.25) is 0 Å². The predicted octanol–water partition coefficient (Wildman–Crippen LogP) is 3.05. The number of piperidine rings is 1. The Morgan fingerprint density at radius 3 is 2.28 bits per heavy atom. The van der Waals surface area contributed by atoms with Crippen LogP contribution in [-0.4, -0.2) is 35.6 Å². The van der Waals surface area contributed by atoms with Crippen LogP contribution in [0.5, 0.6) is 0 Å². The molecule has 1 rings (SSSR count). The molecular weight excluding hydrogens is 264 g/mol. The maximum atomic E-state index is 13.5. The molecule has 1 saturated heterocycles. The molecule has 0 aliphatic carbocycles. The summed E-state index contributed by atoms with van der Waals surface area (Å²) in [6, 6.07) is -5.17. The summed E-state index contributed by atoms with van der Waals surface area (Å²) in [6.07, 6.45) is -2.98. The normalized spacial score (nSPS) is 30.1. The highest BCUT2D eigenvalue weighted by atomic mass is 19.3. The van der Waals surface area contributed by atoms with Gasteiger partial charge in [0.25, 0.3) is 0 Å². The maximum absolute atomic E-state index is 13.5. The summed E-state index contributed by atoms with van der Waals surface area (Å²) >= 11 is 0. The van der Waals surface area contributed by atoms with E-state index in [1.807, 2.05) is 0 Å². The second-order valence-electron chi connectivity index (χ2n) is 3.93. The molecule has 0 aromatic carbocycles. The smallest absolute Gasteiger partial charge is 0.295 e. The highest BCUT2D eigenvalue weighted by Gasteiger charge is 2.69. The Morgan fingerprint density at radius 1 is 1.39 bits per heavy atom. The van der Waals surface area contributed by atoms with E-state index in [1.165, 1.54) is 6.92 Å². The minimum atomic E-state index is -5.17. The Bertz CT molecular complexity index is 392. The third-order valence-corrected chi connectivity index (χ3v) is 2.76. The van der Waals surface area contributed by atoms with Gasteiger partial charge in [-0.1, -0.05) is 12.0 Å². The lowest BCUT2D eigenvalue weighted by Gasteiger charge is -2.39. The van der Waals surface area contributed by atoms with Crippen molar-refractivity contribution < 1.29 is 31.2 Å². The Balaban J connectivity index is 3.46. The van der Waals surface area contributed by atoms with Gasteiger partial charge in [-0.25, -0.2) is 4.39 Å². The summed E-state index contributed by atoms with van der Waals surface area (Å²) < 4.78 is 79.2. The van der Waals surface area contributed by atoms with Crippen molar-refractivity contribution >= 4 is 5.78 Å². The molecule has 1 unspecified atom stereocenters. The van der Waals surface area contributed by atoms with Crippen molar-refractivity contribution in [2.45, 2.75) is 38.4 Å². The lowest BCUT2D eigenvalue weighted by molar-refractivity contribution is -0.340. The van der Waals surface area contributed by atoms with Crippen molar-refractivity contribution in [3.63, 3.8) is 0 Å². The zero-order chi connectivity index (χ0) is 14.3. The van der Waals surface area contributed by atoms with Crippen molar-refractivity contribution in [3.05, 3.63) is 11.1 Å². The van der Waals surface area contributed by atoms with E-state index in [9.17, 15) is 31.2 Å². The molecule has 0 N–H and O–H groups in total. The predicted molar refractivity (Wildman–Crippen MR) is 50.6 cm³/mol. The molecule has 0 aromatic heterocycles. The zero-order valence-electron chi connectivity index (χ0n) is 9.61. The van der Waals surface area contributed by atoms with Crippen LogP contribution >= 0.6 is 0 Å². The number of alkyl halides is 5. The Morgan fingerprint density at radius 2 is 1.89 bits per heavy atom. The lowest BCUT2D eigenvalue weighted by atomic mass is 9.89. The quantitative estimate of drug-likeness (QED) is 0.334. The van der Waals surface area contributed by atoms with Gasteiger partial charge in [-0.05, 0) is 13.3 Å². The van der Waals surface area contributed by atoms with Crippen LogP contribution in [0.4, 0.5) is 26.4 Å². The van der Waals surface area contributed by atoms with Gasteiger partial charge >= 0.3 is 12.0 Å². The number of Topliss-reactive ketones (excluding diaryl/α,β-unsaturated/α-hetero) is 1. The van der Waals surface area contributed by atoms with E-state index in [-0.39, 0.29) is 6.42 Å². The van der Waals surface area contributed by atoms with Gasteiger partial charge in [0.2, 0.25) is 0 Å². The zero-order valence-corrected chi connectivity index (χ0v) is 9.61. The largest absolute Gasteiger partial charge is 0.396 e. The van der Waals surface area contributed by atoms with Crippen molar-refractivity contribution in [1.29, 1.82) is 0 Å². The van der Waals surface area contributed by atoms with Crippen molar-refractivity contribution in [1.82, 2.24) is 5.12 Å². The first-order chi connectivity index (χ1) is 8.07. The molecule has 18 heavy (non-hydrogen) atoms. The van der Waals surface area contributed by atoms with Crippen LogP contribution in [0.1, 0.15) is 20.3 Å². The third kappa shape index (κ3) is 2.02. The average molecular weight is 275 g/mol. The summed E-state index contributed by atoms with van der Waals surface area (Å²) in [5.74, 6) is -5.99. The van der Waals surface area contributed by atoms with Gasteiger partial charge in [-0.2, -0.15) is 17.6 Å². The van der Waals surface area contributed by atoms with Crippen LogP contribution < -0.4 is 0 Å². The molecule has 1 atom stereocenters. The topological polar surface area (TPSA) is 20.3 Å². The van der Waals surface area contributed by atoms with Crippen LogP contribution in [0.25, 0.3) is 0 Å². The third-order valence-electron chi connectivity index (χ3n) is 2.76. The number of carbonyl (C=O) groups excluding carboxylic acids is 1. The molecule has 0 saturated carbocycles. The van der Waals surface area contributed by atoms with Crippen LogP contribution in [0.3, 0.4) is 0 Å². The fraction of sp³-hybridized carbons (Fsp3) is 0.700. The number of nitrogens with zero attached hydrogens (tertiary/aromatic N) is 1. The van der Waals surface area contributed by atoms with Gasteiger partial charge in [0.15, 0.2) is 5.78 Å². The van der Waals surface area contributed by atoms with E-state index in [0.29, 0.717) is 0 Å². The summed E-state index contributed by atoms with van der Waals surface area (Å²) in [6.45, 7) is 0.593. The number of carbonyl (C=O) groups is 1. The monoisotopic (exact) mass is 275 g/mol. The van der Waals surface area contributed by atoms with Gasteiger partial charge in [-0.3, -0.25) is 4.79 Å². The molecule has 0 amide bonds. The van der Waals surface area contributed by atoms with Gasteiger partial charge in [0, 0.05) is 11.1 Å². The number of hydrogen-bond donors (Lipinski definition) is 0. The van der Waals surface area contributed by atoms with E-state index in [2.05, 4.69) is 0 Å². The first kappa shape index (κ1) is 15.0. The fourth-order valence-electron chi connectivity index (χ4n) is 1.87. The molecule has 0 bridgehead atoms. The van der Waals surface area contributed by atoms with Gasteiger partial charge in [-0.15, -0.1) is 4.48 Å². The number of hydrogen-bond acceptors (Lipinski definition) is 2. The number of allylic oxidation sites excluding steroid dienone is 1. The van der Waals surface area contributed by atoms with Gasteiger partial charge in [0.1, 0.15) is 6.17 Å². The van der Waals surface area contributed by atoms with Gasteiger partial charge in [0.05, 0.1) is 6.54 Å². The Kier molecular flexibility index (Phi) is 3.81. The van der Waals surface area contributed by atoms with Crippen molar-refractivity contribution in [2.75, 3.05) is 6.54 Å². The van der Waals surface area contributed by atoms with Gasteiger partial charge < -0.3 is 0 Å². The molecule has 1 aliphatic rings. The van der Waals surface area contributed by atoms with Crippen LogP contribution in [0, 0.1) is 0 Å². The highest BCUT2D eigenvalue weighted by Crippen LogP contribution is 2.49. The van der Waals surface area contributed by atoms with Crippen LogP contribution in [-0.2, 0) is 4.79 Å². The molecule has 2 nitrogen and oxygen atoms in total. The maximum Gasteiger partial charge on any atom is 0.396 e. The molecule has 0 spiro atoms. The highest BCUT2D eigenvalue weighted by molar-refractivity contribution is 5.94. The molecular formula is C10H11F6NO. The summed E-state index contributed by atoms with van der Waals surface area (Å²) in [4.78, 5) is 11.1. The second-order valence-corrected chi connectivity index (χ2v) is 3.93. The lowest BCUT2D eigenvalue weighted by Crippen LogP contribution is -2.60. The molecule has 1 aliphatic heterocycles. The molecule has 8 heteroatoms. The number of halogens is 6. The Labute approximate surface area is 99.2 Å². The molecule has 1 heterocycles. The molecule has 104 valence electrons. The molecule has 0 radical (unpaired) electrons. The van der Waals surface area contributed by atoms with Crippen LogP contribution in [0.15, 0.2) is 11.1 Å². The molecule has 0 aromatic rings. The van der Waals surface area contributed by atoms with E-state index in [4.69, 9.17) is 0 Å². The number of ketones is 1. The van der Waals surface area contributed by atoms with E-state index in [1.54, 1.807) is 0 Å². The molecule has 1 fully saturated rings. The van der Waals surface area contributed by atoms with E-state index >= 15 is 0 Å².